The molecule has 0 aliphatic carbocycles. The van der Waals surface area contributed by atoms with Crippen LogP contribution in [0.5, 0.6) is 0 Å². The molecule has 1 heterocycles. The minimum atomic E-state index is -0.780. The van der Waals surface area contributed by atoms with E-state index in [0.717, 1.165) is 34.9 Å². The first-order valence-corrected chi connectivity index (χ1v) is 7.81. The van der Waals surface area contributed by atoms with Crippen molar-refractivity contribution >= 4 is 22.8 Å². The number of hydrogen-bond acceptors (Lipinski definition) is 4. The van der Waals surface area contributed by atoms with E-state index in [4.69, 9.17) is 9.63 Å². The van der Waals surface area contributed by atoms with Crippen LogP contribution in [0, 0.1) is 13.8 Å². The average molecular weight is 318 g/mol. The molecule has 1 aromatic heterocycles. The van der Waals surface area contributed by atoms with Gasteiger partial charge in [-0.25, -0.2) is 0 Å². The van der Waals surface area contributed by atoms with Gasteiger partial charge in [0.25, 0.3) is 0 Å². The van der Waals surface area contributed by atoms with E-state index < -0.39 is 5.97 Å². The lowest BCUT2D eigenvalue weighted by Gasteiger charge is -2.04. The molecule has 0 aliphatic rings. The highest BCUT2D eigenvalue weighted by Crippen LogP contribution is 2.24. The van der Waals surface area contributed by atoms with Gasteiger partial charge in [-0.15, -0.1) is 0 Å². The van der Waals surface area contributed by atoms with E-state index in [2.05, 4.69) is 10.5 Å². The van der Waals surface area contributed by atoms with E-state index in [1.165, 1.54) is 0 Å². The number of fused-ring (bicyclic) bond motifs is 1. The molecule has 0 fully saturated rings. The van der Waals surface area contributed by atoms with Crippen molar-refractivity contribution in [2.75, 3.05) is 6.54 Å². The fourth-order valence-corrected chi connectivity index (χ4v) is 2.59. The maximum absolute atomic E-state index is 12.0. The molecule has 1 aromatic carbocycles. The molecule has 0 saturated heterocycles. The molecule has 2 N–H and O–H groups in total. The number of nitrogens with zero attached hydrogens (tertiary/aromatic N) is 1. The van der Waals surface area contributed by atoms with Gasteiger partial charge in [-0.3, -0.25) is 9.59 Å². The number of aliphatic carboxylic acids is 1. The third kappa shape index (κ3) is 4.81. The summed E-state index contributed by atoms with van der Waals surface area (Å²) in [6.45, 7) is 4.51. The lowest BCUT2D eigenvalue weighted by molar-refractivity contribution is -0.137. The summed E-state index contributed by atoms with van der Waals surface area (Å²) in [5.41, 5.74) is 3.50. The molecule has 124 valence electrons. The summed E-state index contributed by atoms with van der Waals surface area (Å²) in [7, 11) is 0. The number of unbranched alkanes of at least 4 members (excludes halogenated alkanes) is 2. The molecule has 0 unspecified atom stereocenters. The van der Waals surface area contributed by atoms with Crippen LogP contribution in [-0.4, -0.2) is 28.7 Å². The van der Waals surface area contributed by atoms with Crippen molar-refractivity contribution in [1.29, 1.82) is 0 Å². The molecule has 2 rings (SSSR count). The van der Waals surface area contributed by atoms with Crippen LogP contribution in [0.4, 0.5) is 0 Å². The van der Waals surface area contributed by atoms with Crippen LogP contribution < -0.4 is 5.32 Å². The highest BCUT2D eigenvalue weighted by Gasteiger charge is 2.14. The van der Waals surface area contributed by atoms with Crippen molar-refractivity contribution in [3.05, 3.63) is 29.0 Å². The number of benzene rings is 1. The van der Waals surface area contributed by atoms with Gasteiger partial charge >= 0.3 is 5.97 Å². The first-order chi connectivity index (χ1) is 11.0. The number of carboxylic acids is 1. The summed E-state index contributed by atoms with van der Waals surface area (Å²) in [6, 6.07) is 4.00. The van der Waals surface area contributed by atoms with Crippen molar-refractivity contribution in [2.45, 2.75) is 46.0 Å². The van der Waals surface area contributed by atoms with E-state index in [1.54, 1.807) is 0 Å². The van der Waals surface area contributed by atoms with Crippen molar-refractivity contribution < 1.29 is 19.2 Å². The molecule has 0 radical (unpaired) electrons. The number of carboxylic acid groups (broad SMARTS) is 1. The topological polar surface area (TPSA) is 92.4 Å². The highest BCUT2D eigenvalue weighted by molar-refractivity contribution is 5.88. The second kappa shape index (κ2) is 7.76. The number of aryl methyl sites for hydroxylation is 2. The molecule has 1 amide bonds. The summed E-state index contributed by atoms with van der Waals surface area (Å²) >= 11 is 0. The number of nitrogens with one attached hydrogen (secondary N) is 1. The van der Waals surface area contributed by atoms with Gasteiger partial charge in [0.2, 0.25) is 5.91 Å². The van der Waals surface area contributed by atoms with E-state index in [0.29, 0.717) is 18.7 Å². The third-order valence-electron chi connectivity index (χ3n) is 3.69. The van der Waals surface area contributed by atoms with Gasteiger partial charge in [0, 0.05) is 18.4 Å². The largest absolute Gasteiger partial charge is 0.481 e. The second-order valence-electron chi connectivity index (χ2n) is 5.82. The van der Waals surface area contributed by atoms with Crippen molar-refractivity contribution in [2.24, 2.45) is 0 Å². The Hall–Kier alpha value is -2.37. The van der Waals surface area contributed by atoms with E-state index in [9.17, 15) is 9.59 Å². The SMILES string of the molecule is Cc1cc(C)c2onc(CC(=O)NCCCCCC(=O)O)c2c1. The first-order valence-electron chi connectivity index (χ1n) is 7.81. The summed E-state index contributed by atoms with van der Waals surface area (Å²) in [5, 5.41) is 16.3. The Balaban J connectivity index is 1.83. The second-order valence-corrected chi connectivity index (χ2v) is 5.82. The van der Waals surface area contributed by atoms with E-state index in [-0.39, 0.29) is 18.7 Å². The highest BCUT2D eigenvalue weighted by atomic mass is 16.5. The van der Waals surface area contributed by atoms with Crippen LogP contribution in [0.25, 0.3) is 11.0 Å². The van der Waals surface area contributed by atoms with Crippen molar-refractivity contribution in [3.8, 4) is 0 Å². The van der Waals surface area contributed by atoms with Crippen molar-refractivity contribution in [1.82, 2.24) is 10.5 Å². The summed E-state index contributed by atoms with van der Waals surface area (Å²) in [4.78, 5) is 22.4. The smallest absolute Gasteiger partial charge is 0.303 e. The van der Waals surface area contributed by atoms with E-state index >= 15 is 0 Å². The zero-order chi connectivity index (χ0) is 16.8. The van der Waals surface area contributed by atoms with Crippen molar-refractivity contribution in [3.63, 3.8) is 0 Å². The van der Waals surface area contributed by atoms with Gasteiger partial charge in [0.05, 0.1) is 6.42 Å². The summed E-state index contributed by atoms with van der Waals surface area (Å²) in [6.07, 6.45) is 2.56. The van der Waals surface area contributed by atoms with Gasteiger partial charge in [0.15, 0.2) is 5.58 Å². The molecular weight excluding hydrogens is 296 g/mol. The van der Waals surface area contributed by atoms with Crippen LogP contribution in [0.15, 0.2) is 16.7 Å². The molecule has 0 atom stereocenters. The van der Waals surface area contributed by atoms with E-state index in [1.807, 2.05) is 26.0 Å². The quantitative estimate of drug-likeness (QED) is 0.730. The summed E-state index contributed by atoms with van der Waals surface area (Å²) in [5.74, 6) is -0.880. The predicted molar refractivity (Wildman–Crippen MR) is 86.3 cm³/mol. The number of carbonyl (C=O) groups is 2. The number of amides is 1. The first kappa shape index (κ1) is 17.0. The molecule has 0 saturated carbocycles. The lowest BCUT2D eigenvalue weighted by Crippen LogP contribution is -2.26. The Morgan fingerprint density at radius 1 is 1.22 bits per heavy atom. The van der Waals surface area contributed by atoms with Gasteiger partial charge < -0.3 is 14.9 Å². The zero-order valence-electron chi connectivity index (χ0n) is 13.5. The van der Waals surface area contributed by atoms with Gasteiger partial charge in [0.1, 0.15) is 5.69 Å². The monoisotopic (exact) mass is 318 g/mol. The molecule has 6 heteroatoms. The van der Waals surface area contributed by atoms with Crippen LogP contribution >= 0.6 is 0 Å². The molecular formula is C17H22N2O4. The standard InChI is InChI=1S/C17H22N2O4/c1-11-8-12(2)17-13(9-11)14(19-23-17)10-15(20)18-7-5-3-4-6-16(21)22/h8-9H,3-7,10H2,1-2H3,(H,18,20)(H,21,22). The molecule has 0 bridgehead atoms. The average Bonchev–Trinajstić information content (AvgIpc) is 2.85. The molecule has 6 nitrogen and oxygen atoms in total. The molecule has 23 heavy (non-hydrogen) atoms. The normalized spacial score (nSPS) is 10.9. The van der Waals surface area contributed by atoms with Gasteiger partial charge in [-0.05, 0) is 43.9 Å². The minimum Gasteiger partial charge on any atom is -0.481 e. The number of carbonyl (C=O) groups excluding carboxylic acids is 1. The zero-order valence-corrected chi connectivity index (χ0v) is 13.5. The molecule has 0 spiro atoms. The summed E-state index contributed by atoms with van der Waals surface area (Å²) < 4.78 is 5.33. The Labute approximate surface area is 134 Å². The Bertz CT molecular complexity index is 706. The minimum absolute atomic E-state index is 0.0995. The number of hydrogen-bond donors (Lipinski definition) is 2. The Morgan fingerprint density at radius 2 is 2.00 bits per heavy atom. The lowest BCUT2D eigenvalue weighted by atomic mass is 10.1. The maximum Gasteiger partial charge on any atom is 0.303 e. The predicted octanol–water partition coefficient (Wildman–Crippen LogP) is 2.75. The van der Waals surface area contributed by atoms with Crippen LogP contribution in [0.1, 0.15) is 42.5 Å². The fourth-order valence-electron chi connectivity index (χ4n) is 2.59. The number of rotatable bonds is 8. The Kier molecular flexibility index (Phi) is 5.73. The Morgan fingerprint density at radius 3 is 2.74 bits per heavy atom. The van der Waals surface area contributed by atoms with Crippen LogP contribution in [-0.2, 0) is 16.0 Å². The number of aromatic nitrogens is 1. The van der Waals surface area contributed by atoms with Gasteiger partial charge in [-0.2, -0.15) is 0 Å². The van der Waals surface area contributed by atoms with Gasteiger partial charge in [-0.1, -0.05) is 17.6 Å². The van der Waals surface area contributed by atoms with Crippen LogP contribution in [0.2, 0.25) is 0 Å². The molecule has 0 aliphatic heterocycles. The maximum atomic E-state index is 12.0. The van der Waals surface area contributed by atoms with Crippen LogP contribution in [0.3, 0.4) is 0 Å². The fraction of sp³-hybridized carbons (Fsp3) is 0.471. The third-order valence-corrected chi connectivity index (χ3v) is 3.69. The molecule has 2 aromatic rings.